The van der Waals surface area contributed by atoms with Gasteiger partial charge in [-0.2, -0.15) is 18.4 Å². The van der Waals surface area contributed by atoms with Crippen molar-refractivity contribution in [1.29, 1.82) is 5.26 Å². The minimum atomic E-state index is -4.75. The number of benzene rings is 1. The van der Waals surface area contributed by atoms with Crippen LogP contribution in [0, 0.1) is 11.3 Å². The third kappa shape index (κ3) is 2.30. The normalized spacial score (nSPS) is 11.2. The summed E-state index contributed by atoms with van der Waals surface area (Å²) in [5, 5.41) is 8.79. The fourth-order valence-electron chi connectivity index (χ4n) is 1.92. The summed E-state index contributed by atoms with van der Waals surface area (Å²) in [5.74, 6) is 0. The number of hydrogen-bond donors (Lipinski definition) is 0. The van der Waals surface area contributed by atoms with Crippen LogP contribution in [0.15, 0.2) is 41.2 Å². The molecule has 0 unspecified atom stereocenters. The van der Waals surface area contributed by atoms with E-state index in [2.05, 4.69) is 0 Å². The second-order valence-electron chi connectivity index (χ2n) is 4.16. The number of halogens is 3. The Kier molecular flexibility index (Phi) is 3.36. The van der Waals surface area contributed by atoms with Gasteiger partial charge in [-0.25, -0.2) is 0 Å². The fourth-order valence-corrected chi connectivity index (χ4v) is 1.92. The number of hydrogen-bond acceptors (Lipinski definition) is 2. The Labute approximate surface area is 112 Å². The molecular formula is C14H9F3N2O. The van der Waals surface area contributed by atoms with Gasteiger partial charge in [-0.15, -0.1) is 0 Å². The van der Waals surface area contributed by atoms with Crippen LogP contribution in [0.1, 0.15) is 11.1 Å². The molecule has 1 heterocycles. The van der Waals surface area contributed by atoms with Crippen molar-refractivity contribution >= 4 is 0 Å². The first-order valence-electron chi connectivity index (χ1n) is 5.63. The van der Waals surface area contributed by atoms with Gasteiger partial charge in [0.15, 0.2) is 0 Å². The highest BCUT2D eigenvalue weighted by atomic mass is 19.4. The Balaban J connectivity index is 2.84. The van der Waals surface area contributed by atoms with Crippen molar-refractivity contribution in [3.05, 3.63) is 57.9 Å². The fraction of sp³-hybridized carbons (Fsp3) is 0.143. The maximum Gasteiger partial charge on any atom is 0.417 e. The zero-order valence-corrected chi connectivity index (χ0v) is 10.4. The summed E-state index contributed by atoms with van der Waals surface area (Å²) < 4.78 is 39.9. The number of nitrogens with zero attached hydrogens (tertiary/aromatic N) is 2. The smallest absolute Gasteiger partial charge is 0.310 e. The van der Waals surface area contributed by atoms with Crippen molar-refractivity contribution in [1.82, 2.24) is 4.57 Å². The SMILES string of the molecule is Cn1c(-c2ccccc2)cc(C(F)(F)F)c(C#N)c1=O. The quantitative estimate of drug-likeness (QED) is 0.805. The van der Waals surface area contributed by atoms with Crippen molar-refractivity contribution in [2.24, 2.45) is 7.05 Å². The predicted molar refractivity (Wildman–Crippen MR) is 66.8 cm³/mol. The molecule has 0 aliphatic carbocycles. The van der Waals surface area contributed by atoms with Crippen molar-refractivity contribution < 1.29 is 13.2 Å². The molecule has 3 nitrogen and oxygen atoms in total. The van der Waals surface area contributed by atoms with Crippen LogP contribution in [-0.2, 0) is 13.2 Å². The number of rotatable bonds is 1. The average Bonchev–Trinajstić information content (AvgIpc) is 2.41. The van der Waals surface area contributed by atoms with Gasteiger partial charge >= 0.3 is 6.18 Å². The van der Waals surface area contributed by atoms with Gasteiger partial charge in [-0.3, -0.25) is 4.79 Å². The number of alkyl halides is 3. The van der Waals surface area contributed by atoms with Gasteiger partial charge < -0.3 is 4.57 Å². The van der Waals surface area contributed by atoms with Crippen LogP contribution in [0.5, 0.6) is 0 Å². The van der Waals surface area contributed by atoms with E-state index in [4.69, 9.17) is 5.26 Å². The molecular weight excluding hydrogens is 269 g/mol. The molecule has 0 saturated carbocycles. The lowest BCUT2D eigenvalue weighted by Gasteiger charge is -2.14. The summed E-state index contributed by atoms with van der Waals surface area (Å²) in [6.07, 6.45) is -4.75. The highest BCUT2D eigenvalue weighted by Gasteiger charge is 2.36. The van der Waals surface area contributed by atoms with E-state index in [9.17, 15) is 18.0 Å². The second kappa shape index (κ2) is 4.85. The largest absolute Gasteiger partial charge is 0.417 e. The number of nitriles is 1. The van der Waals surface area contributed by atoms with Crippen molar-refractivity contribution in [2.75, 3.05) is 0 Å². The molecule has 20 heavy (non-hydrogen) atoms. The number of pyridine rings is 1. The molecule has 102 valence electrons. The minimum Gasteiger partial charge on any atom is -0.310 e. The molecule has 1 aromatic carbocycles. The van der Waals surface area contributed by atoms with E-state index in [1.807, 2.05) is 0 Å². The molecule has 6 heteroatoms. The highest BCUT2D eigenvalue weighted by Crippen LogP contribution is 2.33. The Morgan fingerprint density at radius 1 is 1.20 bits per heavy atom. The Morgan fingerprint density at radius 3 is 2.30 bits per heavy atom. The maximum absolute atomic E-state index is 12.9. The average molecular weight is 278 g/mol. The zero-order chi connectivity index (χ0) is 14.9. The molecule has 2 rings (SSSR count). The molecule has 1 aromatic heterocycles. The molecule has 0 amide bonds. The topological polar surface area (TPSA) is 45.8 Å². The molecule has 0 spiro atoms. The van der Waals surface area contributed by atoms with Crippen LogP contribution in [-0.4, -0.2) is 4.57 Å². The van der Waals surface area contributed by atoms with Crippen LogP contribution < -0.4 is 5.56 Å². The van der Waals surface area contributed by atoms with Crippen LogP contribution in [0.25, 0.3) is 11.3 Å². The molecule has 0 radical (unpaired) electrons. The van der Waals surface area contributed by atoms with E-state index in [0.29, 0.717) is 5.56 Å². The summed E-state index contributed by atoms with van der Waals surface area (Å²) in [6.45, 7) is 0. The first kappa shape index (κ1) is 13.9. The highest BCUT2D eigenvalue weighted by molar-refractivity contribution is 5.62. The van der Waals surface area contributed by atoms with Gasteiger partial charge in [0.2, 0.25) is 0 Å². The Hall–Kier alpha value is -2.55. The van der Waals surface area contributed by atoms with E-state index in [1.165, 1.54) is 13.1 Å². The van der Waals surface area contributed by atoms with E-state index in [1.54, 1.807) is 30.3 Å². The lowest BCUT2D eigenvalue weighted by atomic mass is 10.0. The van der Waals surface area contributed by atoms with Crippen molar-refractivity contribution in [3.8, 4) is 17.3 Å². The van der Waals surface area contributed by atoms with Crippen LogP contribution in [0.2, 0.25) is 0 Å². The molecule has 0 aliphatic heterocycles. The summed E-state index contributed by atoms with van der Waals surface area (Å²) >= 11 is 0. The Morgan fingerprint density at radius 2 is 1.80 bits per heavy atom. The van der Waals surface area contributed by atoms with Crippen LogP contribution in [0.4, 0.5) is 13.2 Å². The third-order valence-corrected chi connectivity index (χ3v) is 2.92. The van der Waals surface area contributed by atoms with Crippen LogP contribution in [0.3, 0.4) is 0 Å². The standard InChI is InChI=1S/C14H9F3N2O/c1-19-12(9-5-3-2-4-6-9)7-11(14(15,16)17)10(8-18)13(19)20/h2-7H,1H3. The maximum atomic E-state index is 12.9. The van der Waals surface area contributed by atoms with Gasteiger partial charge in [0.05, 0.1) is 11.3 Å². The molecule has 2 aromatic rings. The Bertz CT molecular complexity index is 740. The molecule has 0 atom stereocenters. The van der Waals surface area contributed by atoms with Gasteiger partial charge in [0.25, 0.3) is 5.56 Å². The summed E-state index contributed by atoms with van der Waals surface area (Å²) in [4.78, 5) is 11.9. The predicted octanol–water partition coefficient (Wildman–Crippen LogP) is 2.94. The zero-order valence-electron chi connectivity index (χ0n) is 10.4. The van der Waals surface area contributed by atoms with Gasteiger partial charge in [0.1, 0.15) is 11.6 Å². The van der Waals surface area contributed by atoms with E-state index in [-0.39, 0.29) is 5.69 Å². The lowest BCUT2D eigenvalue weighted by Crippen LogP contribution is -2.26. The third-order valence-electron chi connectivity index (χ3n) is 2.92. The van der Waals surface area contributed by atoms with E-state index >= 15 is 0 Å². The molecule has 0 aliphatic rings. The molecule has 0 fully saturated rings. The summed E-state index contributed by atoms with van der Waals surface area (Å²) in [5.41, 5.74) is -2.47. The molecule has 0 bridgehead atoms. The molecule has 0 N–H and O–H groups in total. The van der Waals surface area contributed by atoms with E-state index in [0.717, 1.165) is 10.6 Å². The van der Waals surface area contributed by atoms with Gasteiger partial charge in [0, 0.05) is 7.05 Å². The second-order valence-corrected chi connectivity index (χ2v) is 4.16. The van der Waals surface area contributed by atoms with Crippen molar-refractivity contribution in [2.45, 2.75) is 6.18 Å². The van der Waals surface area contributed by atoms with Gasteiger partial charge in [-0.05, 0) is 11.6 Å². The van der Waals surface area contributed by atoms with Gasteiger partial charge in [-0.1, -0.05) is 30.3 Å². The first-order chi connectivity index (χ1) is 9.36. The lowest BCUT2D eigenvalue weighted by molar-refractivity contribution is -0.137. The van der Waals surface area contributed by atoms with Crippen molar-refractivity contribution in [3.63, 3.8) is 0 Å². The molecule has 0 saturated heterocycles. The van der Waals surface area contributed by atoms with Crippen LogP contribution >= 0.6 is 0 Å². The number of aromatic nitrogens is 1. The van der Waals surface area contributed by atoms with E-state index < -0.39 is 22.9 Å². The monoisotopic (exact) mass is 278 g/mol. The first-order valence-corrected chi connectivity index (χ1v) is 5.63. The summed E-state index contributed by atoms with van der Waals surface area (Å²) in [6, 6.07) is 10.4. The minimum absolute atomic E-state index is 0.113. The summed E-state index contributed by atoms with van der Waals surface area (Å²) in [7, 11) is 1.34.